The van der Waals surface area contributed by atoms with Gasteiger partial charge in [-0.3, -0.25) is 9.52 Å². The summed E-state index contributed by atoms with van der Waals surface area (Å²) in [4.78, 5) is 16.6. The van der Waals surface area contributed by atoms with E-state index in [0.29, 0.717) is 28.1 Å². The van der Waals surface area contributed by atoms with Crippen molar-refractivity contribution in [2.75, 3.05) is 4.72 Å². The summed E-state index contributed by atoms with van der Waals surface area (Å²) in [5, 5.41) is 2.74. The maximum Gasteiger partial charge on any atom is 0.262 e. The Balaban J connectivity index is 1.40. The van der Waals surface area contributed by atoms with E-state index in [9.17, 15) is 17.6 Å². The Morgan fingerprint density at radius 2 is 1.79 bits per heavy atom. The maximum absolute atomic E-state index is 14.4. The van der Waals surface area contributed by atoms with Gasteiger partial charge in [-0.2, -0.15) is 0 Å². The molecule has 7 nitrogen and oxygen atoms in total. The van der Waals surface area contributed by atoms with Gasteiger partial charge in [0, 0.05) is 30.2 Å². The van der Waals surface area contributed by atoms with Crippen LogP contribution in [-0.4, -0.2) is 23.9 Å². The fourth-order valence-corrected chi connectivity index (χ4v) is 4.84. The number of nitrogens with one attached hydrogen (secondary N) is 2. The molecule has 0 fully saturated rings. The Bertz CT molecular complexity index is 1430. The van der Waals surface area contributed by atoms with Crippen LogP contribution in [0.4, 0.5) is 10.1 Å². The zero-order valence-electron chi connectivity index (χ0n) is 18.6. The lowest BCUT2D eigenvalue weighted by Gasteiger charge is -2.12. The predicted octanol–water partition coefficient (Wildman–Crippen LogP) is 4.36. The third kappa shape index (κ3) is 5.15. The summed E-state index contributed by atoms with van der Waals surface area (Å²) in [7, 11) is -3.76. The minimum absolute atomic E-state index is 0.140. The number of carbonyl (C=O) groups is 1. The Kier molecular flexibility index (Phi) is 6.47. The van der Waals surface area contributed by atoms with Gasteiger partial charge in [0.2, 0.25) is 0 Å². The summed E-state index contributed by atoms with van der Waals surface area (Å²) in [6, 6.07) is 16.0. The molecule has 174 valence electrons. The van der Waals surface area contributed by atoms with Crippen LogP contribution in [0.3, 0.4) is 0 Å². The van der Waals surface area contributed by atoms with Crippen molar-refractivity contribution < 1.29 is 17.6 Å². The van der Waals surface area contributed by atoms with E-state index >= 15 is 0 Å². The van der Waals surface area contributed by atoms with Gasteiger partial charge in [-0.1, -0.05) is 18.2 Å². The van der Waals surface area contributed by atoms with E-state index in [1.807, 2.05) is 13.0 Å². The average Bonchev–Trinajstić information content (AvgIpc) is 3.34. The molecule has 1 aromatic heterocycles. The number of benzene rings is 3. The average molecular weight is 479 g/mol. The van der Waals surface area contributed by atoms with E-state index < -0.39 is 15.8 Å². The highest BCUT2D eigenvalue weighted by Crippen LogP contribution is 2.21. The van der Waals surface area contributed by atoms with Gasteiger partial charge in [-0.05, 0) is 73.0 Å². The minimum atomic E-state index is -3.76. The van der Waals surface area contributed by atoms with Crippen LogP contribution in [0.2, 0.25) is 0 Å². The number of anilines is 1. The lowest BCUT2D eigenvalue weighted by atomic mass is 10.1. The van der Waals surface area contributed by atoms with Crippen molar-refractivity contribution in [2.24, 2.45) is 0 Å². The Labute approximate surface area is 197 Å². The van der Waals surface area contributed by atoms with Crippen LogP contribution >= 0.6 is 0 Å². The van der Waals surface area contributed by atoms with Crippen LogP contribution in [0.1, 0.15) is 27.0 Å². The Morgan fingerprint density at radius 1 is 1.03 bits per heavy atom. The number of hydrogen-bond acceptors (Lipinski definition) is 4. The van der Waals surface area contributed by atoms with Crippen molar-refractivity contribution in [3.05, 3.63) is 107 Å². The summed E-state index contributed by atoms with van der Waals surface area (Å²) >= 11 is 0. The molecule has 4 rings (SSSR count). The second-order valence-corrected chi connectivity index (χ2v) is 9.54. The normalized spacial score (nSPS) is 11.3. The Morgan fingerprint density at radius 3 is 2.47 bits per heavy atom. The van der Waals surface area contributed by atoms with Crippen LogP contribution in [0, 0.1) is 19.7 Å². The van der Waals surface area contributed by atoms with Gasteiger partial charge in [0.15, 0.2) is 0 Å². The summed E-state index contributed by atoms with van der Waals surface area (Å²) in [6.07, 6.45) is 4.71. The molecule has 34 heavy (non-hydrogen) atoms. The van der Waals surface area contributed by atoms with Crippen molar-refractivity contribution in [3.63, 3.8) is 0 Å². The van der Waals surface area contributed by atoms with E-state index in [0.717, 1.165) is 5.56 Å². The highest BCUT2D eigenvalue weighted by Gasteiger charge is 2.17. The molecule has 0 atom stereocenters. The van der Waals surface area contributed by atoms with E-state index in [2.05, 4.69) is 15.0 Å². The van der Waals surface area contributed by atoms with Gasteiger partial charge >= 0.3 is 0 Å². The number of hydrogen-bond donors (Lipinski definition) is 2. The highest BCUT2D eigenvalue weighted by molar-refractivity contribution is 7.92. The molecule has 0 aliphatic carbocycles. The van der Waals surface area contributed by atoms with Gasteiger partial charge in [-0.15, -0.1) is 0 Å². The summed E-state index contributed by atoms with van der Waals surface area (Å²) in [5.74, 6) is -0.784. The molecule has 4 aromatic rings. The minimum Gasteiger partial charge on any atom is -0.348 e. The van der Waals surface area contributed by atoms with E-state index in [1.165, 1.54) is 36.7 Å². The number of aryl methyl sites for hydroxylation is 2. The molecule has 1 heterocycles. The first-order valence-electron chi connectivity index (χ1n) is 10.5. The number of imidazole rings is 1. The fourth-order valence-electron chi connectivity index (χ4n) is 3.45. The lowest BCUT2D eigenvalue weighted by Crippen LogP contribution is -2.23. The lowest BCUT2D eigenvalue weighted by molar-refractivity contribution is 0.0951. The number of carbonyl (C=O) groups excluding carboxylic acids is 1. The molecule has 0 saturated heterocycles. The number of sulfonamides is 1. The molecule has 0 unspecified atom stereocenters. The molecule has 0 spiro atoms. The molecule has 9 heteroatoms. The van der Waals surface area contributed by atoms with E-state index in [-0.39, 0.29) is 17.3 Å². The molecule has 0 aliphatic heterocycles. The third-order valence-corrected chi connectivity index (χ3v) is 6.80. The van der Waals surface area contributed by atoms with Crippen LogP contribution in [0.5, 0.6) is 0 Å². The first-order valence-corrected chi connectivity index (χ1v) is 12.0. The largest absolute Gasteiger partial charge is 0.348 e. The molecule has 2 N–H and O–H groups in total. The SMILES string of the molecule is Cc1ccc(C)c(S(=O)(=O)Nc2ccc(C(=O)NCc3ccc(-n4ccnc4)c(F)c3)cc2)c1. The standard InChI is InChI=1S/C25H23FN4O3S/c1-17-3-4-18(2)24(13-17)34(32,33)29-21-8-6-20(7-9-21)25(31)28-15-19-5-10-23(22(26)14-19)30-12-11-27-16-30/h3-14,16,29H,15H2,1-2H3,(H,28,31). The molecule has 0 radical (unpaired) electrons. The molecule has 1 amide bonds. The van der Waals surface area contributed by atoms with Gasteiger partial charge in [0.1, 0.15) is 5.82 Å². The number of nitrogens with zero attached hydrogens (tertiary/aromatic N) is 2. The first kappa shape index (κ1) is 23.2. The van der Waals surface area contributed by atoms with E-state index in [4.69, 9.17) is 0 Å². The number of halogens is 1. The number of aromatic nitrogens is 2. The molecule has 0 saturated carbocycles. The quantitative estimate of drug-likeness (QED) is 0.413. The second-order valence-electron chi connectivity index (χ2n) is 7.89. The topological polar surface area (TPSA) is 93.1 Å². The van der Waals surface area contributed by atoms with Crippen molar-refractivity contribution in [2.45, 2.75) is 25.3 Å². The van der Waals surface area contributed by atoms with Gasteiger partial charge in [0.05, 0.1) is 16.9 Å². The van der Waals surface area contributed by atoms with Gasteiger partial charge in [-0.25, -0.2) is 17.8 Å². The first-order chi connectivity index (χ1) is 16.2. The summed E-state index contributed by atoms with van der Waals surface area (Å²) in [5.41, 5.74) is 3.15. The van der Waals surface area contributed by atoms with Crippen LogP contribution < -0.4 is 10.0 Å². The number of amides is 1. The second kappa shape index (κ2) is 9.48. The number of rotatable bonds is 7. The third-order valence-electron chi connectivity index (χ3n) is 5.28. The van der Waals surface area contributed by atoms with Crippen LogP contribution in [-0.2, 0) is 16.6 Å². The van der Waals surface area contributed by atoms with Crippen LogP contribution in [0.15, 0.2) is 84.3 Å². The smallest absolute Gasteiger partial charge is 0.262 e. The van der Waals surface area contributed by atoms with Crippen molar-refractivity contribution in [1.82, 2.24) is 14.9 Å². The molecule has 3 aromatic carbocycles. The Hall–Kier alpha value is -3.98. The zero-order valence-corrected chi connectivity index (χ0v) is 19.4. The fraction of sp³-hybridized carbons (Fsp3) is 0.120. The van der Waals surface area contributed by atoms with Crippen molar-refractivity contribution in [1.29, 1.82) is 0 Å². The van der Waals surface area contributed by atoms with Crippen LogP contribution in [0.25, 0.3) is 5.69 Å². The maximum atomic E-state index is 14.4. The van der Waals surface area contributed by atoms with E-state index in [1.54, 1.807) is 48.1 Å². The molecular weight excluding hydrogens is 455 g/mol. The summed E-state index contributed by atoms with van der Waals surface area (Å²) in [6.45, 7) is 3.70. The highest BCUT2D eigenvalue weighted by atomic mass is 32.2. The van der Waals surface area contributed by atoms with Crippen molar-refractivity contribution >= 4 is 21.6 Å². The van der Waals surface area contributed by atoms with Gasteiger partial charge < -0.3 is 9.88 Å². The molecular formula is C25H23FN4O3S. The monoisotopic (exact) mass is 478 g/mol. The molecule has 0 aliphatic rings. The predicted molar refractivity (Wildman–Crippen MR) is 128 cm³/mol. The zero-order chi connectivity index (χ0) is 24.3. The molecule has 0 bridgehead atoms. The van der Waals surface area contributed by atoms with Gasteiger partial charge in [0.25, 0.3) is 15.9 Å². The summed E-state index contributed by atoms with van der Waals surface area (Å²) < 4.78 is 44.0. The van der Waals surface area contributed by atoms with Crippen molar-refractivity contribution in [3.8, 4) is 5.69 Å².